The van der Waals surface area contributed by atoms with E-state index in [-0.39, 0.29) is 6.42 Å². The fourth-order valence-electron chi connectivity index (χ4n) is 4.66. The van der Waals surface area contributed by atoms with Crippen LogP contribution in [-0.2, 0) is 11.2 Å². The first kappa shape index (κ1) is 21.9. The summed E-state index contributed by atoms with van der Waals surface area (Å²) in [5, 5.41) is 9.94. The maximum Gasteiger partial charge on any atom is 0.264 e. The molecule has 1 amide bonds. The van der Waals surface area contributed by atoms with Crippen LogP contribution in [0.4, 0.5) is 4.39 Å². The summed E-state index contributed by atoms with van der Waals surface area (Å²) in [7, 11) is 0. The van der Waals surface area contributed by atoms with Crippen LogP contribution in [-0.4, -0.2) is 16.1 Å². The number of aromatic nitrogens is 2. The van der Waals surface area contributed by atoms with Crippen molar-refractivity contribution in [3.63, 3.8) is 0 Å². The van der Waals surface area contributed by atoms with Crippen molar-refractivity contribution in [1.29, 1.82) is 5.53 Å². The predicted molar refractivity (Wildman–Crippen MR) is 131 cm³/mol. The molecule has 5 rings (SSSR count). The second-order valence-corrected chi connectivity index (χ2v) is 8.75. The van der Waals surface area contributed by atoms with Crippen molar-refractivity contribution in [1.82, 2.24) is 10.2 Å². The molecule has 0 unspecified atom stereocenters. The fourth-order valence-corrected chi connectivity index (χ4v) is 4.66. The van der Waals surface area contributed by atoms with Gasteiger partial charge in [0.15, 0.2) is 0 Å². The fraction of sp³-hybridized carbons (Fsp3) is 0.214. The first-order chi connectivity index (χ1) is 16.6. The number of halogens is 1. The van der Waals surface area contributed by atoms with Crippen LogP contribution in [0, 0.1) is 17.4 Å². The van der Waals surface area contributed by atoms with Crippen LogP contribution >= 0.6 is 0 Å². The number of carbonyl (C=O) groups excluding carboxylic acids is 1. The minimum Gasteiger partial charge on any atom is -0.271 e. The van der Waals surface area contributed by atoms with Crippen molar-refractivity contribution in [3.8, 4) is 0 Å². The standard InChI is InChI=1S/C28H25FN4O/c29-28-23-17-22(14-15-24(23)32-33-28)27(21-12-9-18(10-13-21)11-16-25(34)31-30)26(20-7-4-8-20)19-5-2-1-3-6-19/h1-3,5-6,9-10,12-15,17,20,30H,4,7-8,11,16H2,(H,32,33)/b27-26-,31-30?. The number of aromatic amines is 1. The smallest absolute Gasteiger partial charge is 0.264 e. The number of benzene rings is 3. The van der Waals surface area contributed by atoms with Gasteiger partial charge in [-0.3, -0.25) is 9.89 Å². The Morgan fingerprint density at radius 2 is 1.74 bits per heavy atom. The molecule has 1 heterocycles. The van der Waals surface area contributed by atoms with Gasteiger partial charge in [-0.25, -0.2) is 5.53 Å². The largest absolute Gasteiger partial charge is 0.271 e. The number of aryl methyl sites for hydroxylation is 1. The Bertz CT molecular complexity index is 1370. The number of allylic oxidation sites excluding steroid dienone is 1. The molecule has 0 atom stereocenters. The van der Waals surface area contributed by atoms with Crippen molar-refractivity contribution in [2.45, 2.75) is 32.1 Å². The van der Waals surface area contributed by atoms with Gasteiger partial charge >= 0.3 is 0 Å². The number of hydrogen-bond donors (Lipinski definition) is 2. The zero-order chi connectivity index (χ0) is 23.5. The SMILES string of the molecule is N=NC(=O)CCc1ccc(/C(=C(\c2ccccc2)C2CCC2)c2ccc3n[nH]c(F)c3c2)cc1. The Morgan fingerprint density at radius 1 is 1.00 bits per heavy atom. The molecular formula is C28H25FN4O. The third-order valence-corrected chi connectivity index (χ3v) is 6.66. The van der Waals surface area contributed by atoms with Crippen LogP contribution in [0.3, 0.4) is 0 Å². The van der Waals surface area contributed by atoms with Gasteiger partial charge in [-0.05, 0) is 70.7 Å². The van der Waals surface area contributed by atoms with Crippen molar-refractivity contribution in [3.05, 3.63) is 101 Å². The van der Waals surface area contributed by atoms with Gasteiger partial charge in [0.05, 0.1) is 10.9 Å². The van der Waals surface area contributed by atoms with Crippen LogP contribution in [0.5, 0.6) is 0 Å². The van der Waals surface area contributed by atoms with Gasteiger partial charge in [0.1, 0.15) is 0 Å². The van der Waals surface area contributed by atoms with E-state index >= 15 is 0 Å². The molecule has 1 aliphatic rings. The molecule has 4 aromatic rings. The lowest BCUT2D eigenvalue weighted by Crippen LogP contribution is -2.15. The summed E-state index contributed by atoms with van der Waals surface area (Å²) in [4.78, 5) is 11.4. The van der Waals surface area contributed by atoms with Gasteiger partial charge in [-0.2, -0.15) is 9.49 Å². The summed E-state index contributed by atoms with van der Waals surface area (Å²) in [6, 6.07) is 24.4. The molecule has 6 heteroatoms. The Balaban J connectivity index is 1.66. The summed E-state index contributed by atoms with van der Waals surface area (Å²) in [6.45, 7) is 0. The quantitative estimate of drug-likeness (QED) is 0.235. The lowest BCUT2D eigenvalue weighted by atomic mass is 9.73. The highest BCUT2D eigenvalue weighted by Crippen LogP contribution is 2.45. The average Bonchev–Trinajstić information content (AvgIpc) is 3.22. The number of carbonyl (C=O) groups is 1. The lowest BCUT2D eigenvalue weighted by Gasteiger charge is -2.31. The lowest BCUT2D eigenvalue weighted by molar-refractivity contribution is -0.118. The van der Waals surface area contributed by atoms with Crippen LogP contribution in [0.1, 0.15) is 47.9 Å². The molecule has 1 aromatic heterocycles. The van der Waals surface area contributed by atoms with Crippen LogP contribution in [0.15, 0.2) is 77.9 Å². The number of rotatable bonds is 7. The highest BCUT2D eigenvalue weighted by molar-refractivity contribution is 6.01. The molecule has 3 aromatic carbocycles. The number of H-pyrrole nitrogens is 1. The molecule has 5 nitrogen and oxygen atoms in total. The van der Waals surface area contributed by atoms with E-state index in [0.717, 1.165) is 35.1 Å². The van der Waals surface area contributed by atoms with E-state index in [1.54, 1.807) is 0 Å². The van der Waals surface area contributed by atoms with Crippen LogP contribution in [0.25, 0.3) is 22.0 Å². The van der Waals surface area contributed by atoms with Crippen molar-refractivity contribution < 1.29 is 9.18 Å². The Kier molecular flexibility index (Phi) is 6.12. The average molecular weight is 453 g/mol. The molecule has 1 saturated carbocycles. The second-order valence-electron chi connectivity index (χ2n) is 8.75. The molecule has 1 aliphatic carbocycles. The number of nitrogens with zero attached hydrogens (tertiary/aromatic N) is 2. The molecule has 0 aliphatic heterocycles. The third-order valence-electron chi connectivity index (χ3n) is 6.66. The minimum absolute atomic E-state index is 0.222. The van der Waals surface area contributed by atoms with Crippen LogP contribution in [0.2, 0.25) is 0 Å². The van der Waals surface area contributed by atoms with Crippen LogP contribution < -0.4 is 0 Å². The van der Waals surface area contributed by atoms with Gasteiger partial charge in [0.2, 0.25) is 5.95 Å². The first-order valence-electron chi connectivity index (χ1n) is 11.6. The predicted octanol–water partition coefficient (Wildman–Crippen LogP) is 6.95. The zero-order valence-electron chi connectivity index (χ0n) is 18.7. The summed E-state index contributed by atoms with van der Waals surface area (Å²) in [5.41, 5.74) is 14.0. The van der Waals surface area contributed by atoms with Gasteiger partial charge in [-0.15, -0.1) is 5.11 Å². The molecule has 0 bridgehead atoms. The van der Waals surface area contributed by atoms with Crippen molar-refractivity contribution in [2.24, 2.45) is 11.0 Å². The number of hydrogen-bond acceptors (Lipinski definition) is 3. The molecule has 0 saturated heterocycles. The maximum absolute atomic E-state index is 14.4. The van der Waals surface area contributed by atoms with E-state index in [2.05, 4.69) is 51.7 Å². The first-order valence-corrected chi connectivity index (χ1v) is 11.6. The summed E-state index contributed by atoms with van der Waals surface area (Å²) in [5.74, 6) is -0.407. The number of nitrogens with one attached hydrogen (secondary N) is 2. The number of fused-ring (bicyclic) bond motifs is 1. The topological polar surface area (TPSA) is 82.0 Å². The monoisotopic (exact) mass is 452 g/mol. The third kappa shape index (κ3) is 4.31. The van der Waals surface area contributed by atoms with Gasteiger partial charge in [0, 0.05) is 6.42 Å². The van der Waals surface area contributed by atoms with E-state index < -0.39 is 11.9 Å². The second kappa shape index (κ2) is 9.51. The summed E-state index contributed by atoms with van der Waals surface area (Å²) < 4.78 is 14.4. The highest BCUT2D eigenvalue weighted by Gasteiger charge is 2.27. The molecule has 34 heavy (non-hydrogen) atoms. The zero-order valence-corrected chi connectivity index (χ0v) is 18.7. The van der Waals surface area contributed by atoms with Crippen molar-refractivity contribution in [2.75, 3.05) is 0 Å². The Hall–Kier alpha value is -3.93. The van der Waals surface area contributed by atoms with Crippen molar-refractivity contribution >= 4 is 28.0 Å². The summed E-state index contributed by atoms with van der Waals surface area (Å²) in [6.07, 6.45) is 4.23. The normalized spacial score (nSPS) is 14.5. The van der Waals surface area contributed by atoms with E-state index in [0.29, 0.717) is 23.2 Å². The molecule has 2 N–H and O–H groups in total. The molecule has 0 spiro atoms. The van der Waals surface area contributed by atoms with Gasteiger partial charge in [-0.1, -0.05) is 67.1 Å². The molecule has 0 radical (unpaired) electrons. The Morgan fingerprint density at radius 3 is 2.41 bits per heavy atom. The molecule has 1 fully saturated rings. The van der Waals surface area contributed by atoms with E-state index in [1.807, 2.05) is 36.4 Å². The van der Waals surface area contributed by atoms with E-state index in [4.69, 9.17) is 5.53 Å². The summed E-state index contributed by atoms with van der Waals surface area (Å²) >= 11 is 0. The maximum atomic E-state index is 14.4. The van der Waals surface area contributed by atoms with Gasteiger partial charge < -0.3 is 0 Å². The molecule has 170 valence electrons. The molecular weight excluding hydrogens is 427 g/mol. The number of amides is 1. The van der Waals surface area contributed by atoms with E-state index in [9.17, 15) is 9.18 Å². The van der Waals surface area contributed by atoms with Gasteiger partial charge in [0.25, 0.3) is 5.91 Å². The Labute approximate surface area is 197 Å². The minimum atomic E-state index is -0.430. The highest BCUT2D eigenvalue weighted by atomic mass is 19.1. The van der Waals surface area contributed by atoms with E-state index in [1.165, 1.54) is 17.6 Å².